The van der Waals surface area contributed by atoms with Crippen LogP contribution in [0.5, 0.6) is 0 Å². The Kier molecular flexibility index (Phi) is 11.2. The summed E-state index contributed by atoms with van der Waals surface area (Å²) in [5, 5.41) is 21.5. The molecule has 0 spiro atoms. The first-order valence-corrected chi connectivity index (χ1v) is 11.0. The second-order valence-corrected chi connectivity index (χ2v) is 8.23. The third-order valence-corrected chi connectivity index (χ3v) is 5.98. The first kappa shape index (κ1) is 25.0. The molecule has 166 valence electrons. The number of carbonyl (C=O) groups excluding carboxylic acids is 2. The van der Waals surface area contributed by atoms with E-state index in [1.807, 2.05) is 6.07 Å². The molecule has 6 nitrogen and oxygen atoms in total. The lowest BCUT2D eigenvalue weighted by molar-refractivity contribution is -0.191. The molecule has 5 N–H and O–H groups in total. The van der Waals surface area contributed by atoms with Gasteiger partial charge in [-0.25, -0.2) is 0 Å². The normalized spacial score (nSPS) is 18.5. The molecule has 31 heavy (non-hydrogen) atoms. The number of hydrogen-bond acceptors (Lipinski definition) is 6. The third-order valence-electron chi connectivity index (χ3n) is 5.98. The Morgan fingerprint density at radius 1 is 1.00 bits per heavy atom. The van der Waals surface area contributed by atoms with Gasteiger partial charge >= 0.3 is 13.3 Å². The Hall–Kier alpha value is -2.28. The maximum absolute atomic E-state index is 8.91. The van der Waals surface area contributed by atoms with E-state index < -0.39 is 7.12 Å². The van der Waals surface area contributed by atoms with Crippen molar-refractivity contribution in [1.82, 2.24) is 5.32 Å². The van der Waals surface area contributed by atoms with Crippen LogP contribution in [0.3, 0.4) is 0 Å². The van der Waals surface area contributed by atoms with Crippen molar-refractivity contribution < 1.29 is 19.6 Å². The highest BCUT2D eigenvalue weighted by Gasteiger charge is 2.28. The fourth-order valence-electron chi connectivity index (χ4n) is 4.24. The topological polar surface area (TPSA) is 113 Å². The number of hydrogen-bond donors (Lipinski definition) is 4. The van der Waals surface area contributed by atoms with Crippen molar-refractivity contribution in [3.63, 3.8) is 0 Å². The molecular formula is C24H33BN2O4. The Balaban J connectivity index is 0.00000107. The molecule has 0 heterocycles. The Morgan fingerprint density at radius 2 is 1.65 bits per heavy atom. The minimum atomic E-state index is -1.18. The first-order chi connectivity index (χ1) is 15.0. The van der Waals surface area contributed by atoms with E-state index >= 15 is 0 Å². The summed E-state index contributed by atoms with van der Waals surface area (Å²) in [5.74, 6) is 0.581. The number of nitrogens with one attached hydrogen (secondary N) is 1. The van der Waals surface area contributed by atoms with E-state index in [9.17, 15) is 0 Å². The van der Waals surface area contributed by atoms with Gasteiger partial charge in [-0.1, -0.05) is 67.4 Å². The van der Waals surface area contributed by atoms with Crippen LogP contribution in [0.15, 0.2) is 54.6 Å². The van der Waals surface area contributed by atoms with E-state index in [-0.39, 0.29) is 12.2 Å². The van der Waals surface area contributed by atoms with Gasteiger partial charge in [0.25, 0.3) is 0 Å². The molecule has 0 bridgehead atoms. The summed E-state index contributed by atoms with van der Waals surface area (Å²) in [6, 6.07) is 20.1. The van der Waals surface area contributed by atoms with Crippen LogP contribution >= 0.6 is 0 Å². The fourth-order valence-corrected chi connectivity index (χ4v) is 4.24. The fraction of sp³-hybridized carbons (Fsp3) is 0.458. The molecule has 0 amide bonds. The van der Waals surface area contributed by atoms with Crippen molar-refractivity contribution in [2.75, 3.05) is 0 Å². The molecule has 1 saturated carbocycles. The number of unbranched alkanes of at least 4 members (excludes halogenated alkanes) is 1. The lowest BCUT2D eigenvalue weighted by Crippen LogP contribution is -2.31. The van der Waals surface area contributed by atoms with Crippen molar-refractivity contribution in [1.29, 1.82) is 0 Å². The van der Waals surface area contributed by atoms with Gasteiger partial charge in [0.1, 0.15) is 0 Å². The number of nitrogens with two attached hydrogens (primary N) is 1. The summed E-state index contributed by atoms with van der Waals surface area (Å²) in [5.41, 5.74) is 10.2. The first-order valence-electron chi connectivity index (χ1n) is 11.0. The van der Waals surface area contributed by atoms with Crippen LogP contribution < -0.4 is 11.1 Å². The molecule has 0 radical (unpaired) electrons. The zero-order valence-corrected chi connectivity index (χ0v) is 18.0. The highest BCUT2D eigenvalue weighted by molar-refractivity contribution is 6.40. The largest absolute Gasteiger partial charge is 0.451 e. The van der Waals surface area contributed by atoms with E-state index in [1.54, 1.807) is 0 Å². The molecule has 1 fully saturated rings. The molecular weight excluding hydrogens is 391 g/mol. The number of rotatable bonds is 10. The van der Waals surface area contributed by atoms with E-state index in [1.165, 1.54) is 29.5 Å². The standard InChI is InChI=1S/C23H33BN2O2.CO2/c25-23(8-4-5-15-24(27)28)21-13-14-22(16-21)26-17-18-9-11-20(12-10-18)19-6-2-1-3-7-19;2-1-3/h1-3,6-7,9-12,21-23,26-28H,4-5,8,13-17,25H2;/t21-,22-,23?;/m0./s1. The van der Waals surface area contributed by atoms with Crippen LogP contribution in [-0.4, -0.2) is 35.4 Å². The van der Waals surface area contributed by atoms with Crippen molar-refractivity contribution >= 4 is 13.3 Å². The molecule has 7 heteroatoms. The summed E-state index contributed by atoms with van der Waals surface area (Å²) in [6.07, 6.45) is 7.01. The van der Waals surface area contributed by atoms with Gasteiger partial charge in [-0.3, -0.25) is 0 Å². The second-order valence-electron chi connectivity index (χ2n) is 8.23. The van der Waals surface area contributed by atoms with Crippen LogP contribution in [0, 0.1) is 5.92 Å². The van der Waals surface area contributed by atoms with Crippen molar-refractivity contribution in [3.8, 4) is 11.1 Å². The highest BCUT2D eigenvalue weighted by atomic mass is 16.4. The van der Waals surface area contributed by atoms with Crippen LogP contribution in [-0.2, 0) is 16.1 Å². The zero-order valence-electron chi connectivity index (χ0n) is 18.0. The van der Waals surface area contributed by atoms with E-state index in [4.69, 9.17) is 25.4 Å². The average molecular weight is 424 g/mol. The van der Waals surface area contributed by atoms with Gasteiger partial charge in [-0.2, -0.15) is 9.59 Å². The molecule has 3 rings (SSSR count). The van der Waals surface area contributed by atoms with Crippen molar-refractivity contribution in [2.24, 2.45) is 11.7 Å². The minimum absolute atomic E-state index is 0.229. The van der Waals surface area contributed by atoms with Crippen LogP contribution in [0.2, 0.25) is 6.32 Å². The van der Waals surface area contributed by atoms with Crippen molar-refractivity contribution in [2.45, 2.75) is 63.5 Å². The number of benzene rings is 2. The summed E-state index contributed by atoms with van der Waals surface area (Å²) in [4.78, 5) is 16.2. The van der Waals surface area contributed by atoms with Crippen LogP contribution in [0.25, 0.3) is 11.1 Å². The minimum Gasteiger partial charge on any atom is -0.427 e. The monoisotopic (exact) mass is 424 g/mol. The SMILES string of the molecule is NC(CCCCB(O)O)[C@H]1CC[C@H](NCc2ccc(-c3ccccc3)cc2)C1.O=C=O. The van der Waals surface area contributed by atoms with Gasteiger partial charge in [0.15, 0.2) is 0 Å². The predicted molar refractivity (Wildman–Crippen MR) is 122 cm³/mol. The Morgan fingerprint density at radius 3 is 2.29 bits per heavy atom. The predicted octanol–water partition coefficient (Wildman–Crippen LogP) is 3.00. The van der Waals surface area contributed by atoms with Gasteiger partial charge in [-0.15, -0.1) is 0 Å². The smallest absolute Gasteiger partial charge is 0.427 e. The Labute approximate surface area is 185 Å². The van der Waals surface area contributed by atoms with Gasteiger partial charge < -0.3 is 21.1 Å². The molecule has 0 aliphatic heterocycles. The average Bonchev–Trinajstić information content (AvgIpc) is 3.26. The quantitative estimate of drug-likeness (QED) is 0.345. The molecule has 1 unspecified atom stereocenters. The summed E-state index contributed by atoms with van der Waals surface area (Å²) in [7, 11) is -1.18. The van der Waals surface area contributed by atoms with Crippen LogP contribution in [0.1, 0.15) is 44.1 Å². The maximum Gasteiger partial charge on any atom is 0.451 e. The molecule has 2 aromatic carbocycles. The Bertz CT molecular complexity index is 780. The molecule has 0 saturated heterocycles. The lowest BCUT2D eigenvalue weighted by atomic mass is 9.82. The van der Waals surface area contributed by atoms with Crippen LogP contribution in [0.4, 0.5) is 0 Å². The molecule has 1 aliphatic carbocycles. The maximum atomic E-state index is 8.91. The molecule has 3 atom stereocenters. The zero-order chi connectivity index (χ0) is 22.5. The molecule has 2 aromatic rings. The summed E-state index contributed by atoms with van der Waals surface area (Å²) < 4.78 is 0. The third kappa shape index (κ3) is 9.17. The molecule has 0 aromatic heterocycles. The van der Waals surface area contributed by atoms with E-state index in [0.29, 0.717) is 18.3 Å². The van der Waals surface area contributed by atoms with Gasteiger partial charge in [0.2, 0.25) is 0 Å². The van der Waals surface area contributed by atoms with Gasteiger partial charge in [-0.05, 0) is 54.6 Å². The molecule has 1 aliphatic rings. The highest BCUT2D eigenvalue weighted by Crippen LogP contribution is 2.30. The van der Waals surface area contributed by atoms with Crippen molar-refractivity contribution in [3.05, 3.63) is 60.2 Å². The second kappa shape index (κ2) is 13.9. The summed E-state index contributed by atoms with van der Waals surface area (Å²) in [6.45, 7) is 0.899. The summed E-state index contributed by atoms with van der Waals surface area (Å²) >= 11 is 0. The van der Waals surface area contributed by atoms with E-state index in [0.717, 1.165) is 32.2 Å². The van der Waals surface area contributed by atoms with Gasteiger partial charge in [0.05, 0.1) is 0 Å². The van der Waals surface area contributed by atoms with Gasteiger partial charge in [0, 0.05) is 18.6 Å². The van der Waals surface area contributed by atoms with E-state index in [2.05, 4.69) is 53.8 Å². The lowest BCUT2D eigenvalue weighted by Gasteiger charge is -2.20.